The first kappa shape index (κ1) is 14.8. The molecule has 4 nitrogen and oxygen atoms in total. The molecule has 114 valence electrons. The molecule has 21 heavy (non-hydrogen) atoms. The van der Waals surface area contributed by atoms with E-state index in [2.05, 4.69) is 21.5 Å². The molecule has 1 saturated carbocycles. The van der Waals surface area contributed by atoms with Crippen LogP contribution in [0, 0.1) is 5.92 Å². The molecular weight excluding hydrogens is 286 g/mol. The van der Waals surface area contributed by atoms with Gasteiger partial charge < -0.3 is 9.67 Å². The lowest BCUT2D eigenvalue weighted by Gasteiger charge is -2.22. The smallest absolute Gasteiger partial charge is 0.123 e. The van der Waals surface area contributed by atoms with Crippen LogP contribution in [-0.2, 0) is 13.6 Å². The fourth-order valence-electron chi connectivity index (χ4n) is 3.30. The van der Waals surface area contributed by atoms with Crippen LogP contribution in [0.3, 0.4) is 0 Å². The minimum Gasteiger partial charge on any atom is -0.393 e. The molecule has 1 aromatic heterocycles. The Labute approximate surface area is 130 Å². The Kier molecular flexibility index (Phi) is 4.20. The monoisotopic (exact) mass is 307 g/mol. The minimum absolute atomic E-state index is 0.133. The summed E-state index contributed by atoms with van der Waals surface area (Å²) in [6.45, 7) is 1.71. The molecular formula is C16H22ClN3O. The standard InChI is InChI=1S/C16H22ClN3O/c1-19(9-11-4-3-5-15(11)21)10-16-18-13-8-12(17)6-7-14(13)20(16)2/h6-8,11,15,21H,3-5,9-10H2,1-2H3. The van der Waals surface area contributed by atoms with Gasteiger partial charge in [0.05, 0.1) is 23.7 Å². The molecule has 5 heteroatoms. The Hall–Kier alpha value is -1.10. The van der Waals surface area contributed by atoms with Crippen molar-refractivity contribution in [1.82, 2.24) is 14.5 Å². The fraction of sp³-hybridized carbons (Fsp3) is 0.562. The summed E-state index contributed by atoms with van der Waals surface area (Å²) in [5, 5.41) is 10.7. The van der Waals surface area contributed by atoms with Crippen molar-refractivity contribution in [3.05, 3.63) is 29.0 Å². The van der Waals surface area contributed by atoms with Gasteiger partial charge in [0.15, 0.2) is 0 Å². The van der Waals surface area contributed by atoms with E-state index in [1.165, 1.54) is 0 Å². The van der Waals surface area contributed by atoms with Crippen LogP contribution in [0.4, 0.5) is 0 Å². The van der Waals surface area contributed by atoms with Crippen molar-refractivity contribution in [3.8, 4) is 0 Å². The third-order valence-corrected chi connectivity index (χ3v) is 4.75. The molecule has 1 aliphatic carbocycles. The summed E-state index contributed by atoms with van der Waals surface area (Å²) in [5.74, 6) is 1.43. The number of aliphatic hydroxyl groups excluding tert-OH is 1. The van der Waals surface area contributed by atoms with E-state index in [4.69, 9.17) is 11.6 Å². The Morgan fingerprint density at radius 2 is 2.24 bits per heavy atom. The summed E-state index contributed by atoms with van der Waals surface area (Å²) >= 11 is 6.03. The van der Waals surface area contributed by atoms with Gasteiger partial charge in [0, 0.05) is 18.6 Å². The van der Waals surface area contributed by atoms with E-state index in [1.807, 2.05) is 25.2 Å². The van der Waals surface area contributed by atoms with E-state index in [-0.39, 0.29) is 6.10 Å². The lowest BCUT2D eigenvalue weighted by atomic mass is 10.1. The van der Waals surface area contributed by atoms with E-state index < -0.39 is 0 Å². The number of halogens is 1. The lowest BCUT2D eigenvalue weighted by molar-refractivity contribution is 0.107. The predicted molar refractivity (Wildman–Crippen MR) is 85.4 cm³/mol. The van der Waals surface area contributed by atoms with Crippen LogP contribution in [0.5, 0.6) is 0 Å². The number of benzene rings is 1. The molecule has 1 heterocycles. The first-order valence-electron chi connectivity index (χ1n) is 7.52. The number of aromatic nitrogens is 2. The van der Waals surface area contributed by atoms with Gasteiger partial charge in [-0.15, -0.1) is 0 Å². The van der Waals surface area contributed by atoms with Crippen LogP contribution in [0.25, 0.3) is 11.0 Å². The minimum atomic E-state index is -0.133. The summed E-state index contributed by atoms with van der Waals surface area (Å²) < 4.78 is 2.12. The van der Waals surface area contributed by atoms with E-state index in [9.17, 15) is 5.11 Å². The van der Waals surface area contributed by atoms with Crippen LogP contribution >= 0.6 is 11.6 Å². The van der Waals surface area contributed by atoms with Crippen LogP contribution in [-0.4, -0.2) is 39.3 Å². The van der Waals surface area contributed by atoms with Gasteiger partial charge in [-0.3, -0.25) is 4.90 Å². The molecule has 0 spiro atoms. The van der Waals surface area contributed by atoms with Crippen molar-refractivity contribution in [2.24, 2.45) is 13.0 Å². The van der Waals surface area contributed by atoms with Gasteiger partial charge in [0.25, 0.3) is 0 Å². The third-order valence-electron chi connectivity index (χ3n) is 4.51. The molecule has 3 rings (SSSR count). The van der Waals surface area contributed by atoms with Gasteiger partial charge in [-0.25, -0.2) is 4.98 Å². The number of rotatable bonds is 4. The summed E-state index contributed by atoms with van der Waals surface area (Å²) in [4.78, 5) is 6.93. The molecule has 2 unspecified atom stereocenters. The quantitative estimate of drug-likeness (QED) is 0.944. The van der Waals surface area contributed by atoms with E-state index in [0.29, 0.717) is 5.92 Å². The van der Waals surface area contributed by atoms with Gasteiger partial charge in [0.1, 0.15) is 5.82 Å². The Morgan fingerprint density at radius 1 is 1.43 bits per heavy atom. The fourth-order valence-corrected chi connectivity index (χ4v) is 3.47. The van der Waals surface area contributed by atoms with Gasteiger partial charge in [-0.2, -0.15) is 0 Å². The molecule has 0 saturated heterocycles. The average molecular weight is 308 g/mol. The van der Waals surface area contributed by atoms with Crippen LogP contribution in [0.1, 0.15) is 25.1 Å². The number of fused-ring (bicyclic) bond motifs is 1. The van der Waals surface area contributed by atoms with E-state index in [0.717, 1.165) is 54.2 Å². The van der Waals surface area contributed by atoms with Crippen molar-refractivity contribution in [2.75, 3.05) is 13.6 Å². The molecule has 1 fully saturated rings. The highest BCUT2D eigenvalue weighted by molar-refractivity contribution is 6.31. The Balaban J connectivity index is 1.73. The van der Waals surface area contributed by atoms with Crippen molar-refractivity contribution in [3.63, 3.8) is 0 Å². The van der Waals surface area contributed by atoms with Crippen molar-refractivity contribution in [1.29, 1.82) is 0 Å². The molecule has 1 N–H and O–H groups in total. The van der Waals surface area contributed by atoms with Gasteiger partial charge in [0.2, 0.25) is 0 Å². The molecule has 0 radical (unpaired) electrons. The molecule has 2 aromatic rings. The zero-order valence-corrected chi connectivity index (χ0v) is 13.3. The highest BCUT2D eigenvalue weighted by Gasteiger charge is 2.26. The Morgan fingerprint density at radius 3 is 2.95 bits per heavy atom. The Bertz CT molecular complexity index is 640. The van der Waals surface area contributed by atoms with Crippen LogP contribution < -0.4 is 0 Å². The molecule has 2 atom stereocenters. The van der Waals surface area contributed by atoms with Crippen molar-refractivity contribution >= 4 is 22.6 Å². The normalized spacial score (nSPS) is 22.5. The second-order valence-corrected chi connectivity index (χ2v) is 6.61. The predicted octanol–water partition coefficient (Wildman–Crippen LogP) is 2.82. The topological polar surface area (TPSA) is 41.3 Å². The highest BCUT2D eigenvalue weighted by Crippen LogP contribution is 2.26. The maximum Gasteiger partial charge on any atom is 0.123 e. The van der Waals surface area contributed by atoms with Gasteiger partial charge in [-0.05, 0) is 44.0 Å². The maximum absolute atomic E-state index is 9.94. The number of aliphatic hydroxyl groups is 1. The summed E-state index contributed by atoms with van der Waals surface area (Å²) in [7, 11) is 4.13. The van der Waals surface area contributed by atoms with Crippen molar-refractivity contribution < 1.29 is 5.11 Å². The maximum atomic E-state index is 9.94. The average Bonchev–Trinajstić information content (AvgIpc) is 2.95. The van der Waals surface area contributed by atoms with Crippen LogP contribution in [0.2, 0.25) is 5.02 Å². The second kappa shape index (κ2) is 5.95. The largest absolute Gasteiger partial charge is 0.393 e. The van der Waals surface area contributed by atoms with E-state index >= 15 is 0 Å². The third kappa shape index (κ3) is 3.07. The summed E-state index contributed by atoms with van der Waals surface area (Å²) in [5.41, 5.74) is 2.04. The molecule has 0 bridgehead atoms. The van der Waals surface area contributed by atoms with Gasteiger partial charge in [-0.1, -0.05) is 18.0 Å². The number of aryl methyl sites for hydroxylation is 1. The lowest BCUT2D eigenvalue weighted by Crippen LogP contribution is -2.30. The number of hydrogen-bond acceptors (Lipinski definition) is 3. The number of imidazole rings is 1. The van der Waals surface area contributed by atoms with E-state index in [1.54, 1.807) is 0 Å². The first-order valence-corrected chi connectivity index (χ1v) is 7.90. The molecule has 1 aliphatic rings. The zero-order chi connectivity index (χ0) is 15.0. The highest BCUT2D eigenvalue weighted by atomic mass is 35.5. The molecule has 1 aromatic carbocycles. The second-order valence-electron chi connectivity index (χ2n) is 6.18. The van der Waals surface area contributed by atoms with Gasteiger partial charge >= 0.3 is 0 Å². The van der Waals surface area contributed by atoms with Crippen LogP contribution in [0.15, 0.2) is 18.2 Å². The van der Waals surface area contributed by atoms with Crippen molar-refractivity contribution in [2.45, 2.75) is 31.9 Å². The first-order chi connectivity index (χ1) is 10.0. The molecule has 0 amide bonds. The molecule has 0 aliphatic heterocycles. The number of hydrogen-bond donors (Lipinski definition) is 1. The number of nitrogens with zero attached hydrogens (tertiary/aromatic N) is 3. The SMILES string of the molecule is CN(Cc1nc2cc(Cl)ccc2n1C)CC1CCCC1O. The zero-order valence-electron chi connectivity index (χ0n) is 12.6. The summed E-state index contributed by atoms with van der Waals surface area (Å²) in [6.07, 6.45) is 3.09. The summed E-state index contributed by atoms with van der Waals surface area (Å²) in [6, 6.07) is 5.81.